The number of hydrogen-bond acceptors (Lipinski definition) is 2. The highest BCUT2D eigenvalue weighted by atomic mass is 15.1. The highest BCUT2D eigenvalue weighted by Crippen LogP contribution is 2.22. The highest BCUT2D eigenvalue weighted by Gasteiger charge is 2.21. The van der Waals surface area contributed by atoms with E-state index in [2.05, 4.69) is 24.8 Å². The minimum Gasteiger partial charge on any atom is -0.384 e. The van der Waals surface area contributed by atoms with Crippen molar-refractivity contribution in [2.75, 3.05) is 13.1 Å². The lowest BCUT2D eigenvalue weighted by Crippen LogP contribution is -2.21. The van der Waals surface area contributed by atoms with Crippen LogP contribution in [0.1, 0.15) is 36.5 Å². The van der Waals surface area contributed by atoms with Crippen LogP contribution in [0.5, 0.6) is 0 Å². The molecular formula is C15H23N3. The molecule has 3 heteroatoms. The zero-order valence-electron chi connectivity index (χ0n) is 11.4. The summed E-state index contributed by atoms with van der Waals surface area (Å²) < 4.78 is 0. The van der Waals surface area contributed by atoms with Crippen molar-refractivity contribution in [1.29, 1.82) is 5.41 Å². The molecule has 0 amide bonds. The number of benzene rings is 1. The highest BCUT2D eigenvalue weighted by molar-refractivity contribution is 5.95. The summed E-state index contributed by atoms with van der Waals surface area (Å²) in [5.41, 5.74) is 8.93. The quantitative estimate of drug-likeness (QED) is 0.632. The van der Waals surface area contributed by atoms with E-state index in [0.717, 1.165) is 18.0 Å². The Kier molecular flexibility index (Phi) is 4.02. The normalized spacial score (nSPS) is 20.2. The Morgan fingerprint density at radius 3 is 2.83 bits per heavy atom. The smallest absolute Gasteiger partial charge is 0.122 e. The van der Waals surface area contributed by atoms with E-state index in [1.54, 1.807) is 0 Å². The monoisotopic (exact) mass is 245 g/mol. The number of hydrogen-bond donors (Lipinski definition) is 2. The van der Waals surface area contributed by atoms with E-state index >= 15 is 0 Å². The summed E-state index contributed by atoms with van der Waals surface area (Å²) in [6.45, 7) is 7.85. The van der Waals surface area contributed by atoms with Crippen molar-refractivity contribution in [3.05, 3.63) is 34.9 Å². The van der Waals surface area contributed by atoms with E-state index < -0.39 is 0 Å². The fourth-order valence-electron chi connectivity index (χ4n) is 2.67. The number of amidine groups is 1. The second-order valence-electron chi connectivity index (χ2n) is 5.35. The Morgan fingerprint density at radius 1 is 1.50 bits per heavy atom. The third-order valence-electron chi connectivity index (χ3n) is 3.99. The van der Waals surface area contributed by atoms with Crippen molar-refractivity contribution >= 4 is 5.84 Å². The summed E-state index contributed by atoms with van der Waals surface area (Å²) in [5, 5.41) is 7.45. The predicted molar refractivity (Wildman–Crippen MR) is 75.9 cm³/mol. The van der Waals surface area contributed by atoms with Gasteiger partial charge in [0.05, 0.1) is 0 Å². The maximum atomic E-state index is 7.45. The Hall–Kier alpha value is -1.35. The first-order valence-corrected chi connectivity index (χ1v) is 6.76. The predicted octanol–water partition coefficient (Wildman–Crippen LogP) is 2.51. The van der Waals surface area contributed by atoms with Gasteiger partial charge in [0, 0.05) is 18.7 Å². The van der Waals surface area contributed by atoms with Gasteiger partial charge in [-0.2, -0.15) is 0 Å². The molecule has 0 saturated carbocycles. The number of aryl methyl sites for hydroxylation is 1. The molecule has 1 atom stereocenters. The van der Waals surface area contributed by atoms with E-state index in [0.29, 0.717) is 0 Å². The molecule has 1 unspecified atom stereocenters. The molecule has 1 aromatic carbocycles. The summed E-state index contributed by atoms with van der Waals surface area (Å²) in [5.74, 6) is 1.03. The molecule has 1 fully saturated rings. The first-order valence-electron chi connectivity index (χ1n) is 6.76. The molecule has 0 radical (unpaired) electrons. The number of nitrogens with two attached hydrogens (primary N) is 1. The van der Waals surface area contributed by atoms with Crippen LogP contribution in [0.2, 0.25) is 0 Å². The summed E-state index contributed by atoms with van der Waals surface area (Å²) in [6.07, 6.45) is 2.62. The van der Waals surface area contributed by atoms with Crippen LogP contribution in [-0.4, -0.2) is 23.8 Å². The fraction of sp³-hybridized carbons (Fsp3) is 0.533. The summed E-state index contributed by atoms with van der Waals surface area (Å²) in [6, 6.07) is 6.09. The van der Waals surface area contributed by atoms with Crippen molar-refractivity contribution < 1.29 is 0 Å². The molecule has 1 aliphatic heterocycles. The fourth-order valence-corrected chi connectivity index (χ4v) is 2.67. The summed E-state index contributed by atoms with van der Waals surface area (Å²) in [7, 11) is 0. The molecule has 1 aromatic rings. The van der Waals surface area contributed by atoms with Gasteiger partial charge in [-0.05, 0) is 43.0 Å². The van der Waals surface area contributed by atoms with Gasteiger partial charge in [0.15, 0.2) is 0 Å². The van der Waals surface area contributed by atoms with Crippen LogP contribution in [0.4, 0.5) is 0 Å². The van der Waals surface area contributed by atoms with E-state index in [1.807, 2.05) is 12.1 Å². The second kappa shape index (κ2) is 5.53. The van der Waals surface area contributed by atoms with Crippen LogP contribution in [0.3, 0.4) is 0 Å². The van der Waals surface area contributed by atoms with Gasteiger partial charge in [-0.1, -0.05) is 25.5 Å². The van der Waals surface area contributed by atoms with Crippen molar-refractivity contribution in [3.8, 4) is 0 Å². The standard InChI is InChI=1S/C15H23N3/c1-3-12-6-7-18(9-12)10-14-5-4-13(15(16)17)8-11(14)2/h4-5,8,12H,3,6-7,9-10H2,1-2H3,(H3,16,17). The third-order valence-corrected chi connectivity index (χ3v) is 3.99. The van der Waals surface area contributed by atoms with Crippen molar-refractivity contribution in [2.45, 2.75) is 33.2 Å². The number of nitrogen functional groups attached to an aromatic ring is 1. The molecule has 1 aliphatic rings. The minimum atomic E-state index is 0.150. The van der Waals surface area contributed by atoms with Crippen LogP contribution < -0.4 is 5.73 Å². The van der Waals surface area contributed by atoms with Crippen molar-refractivity contribution in [3.63, 3.8) is 0 Å². The molecule has 0 bridgehead atoms. The Bertz CT molecular complexity index is 439. The SMILES string of the molecule is CCC1CCN(Cc2ccc(C(=N)N)cc2C)C1. The number of nitrogens with one attached hydrogen (secondary N) is 1. The average molecular weight is 245 g/mol. The average Bonchev–Trinajstić information content (AvgIpc) is 2.79. The van der Waals surface area contributed by atoms with Crippen molar-refractivity contribution in [2.24, 2.45) is 11.7 Å². The van der Waals surface area contributed by atoms with Crippen LogP contribution >= 0.6 is 0 Å². The van der Waals surface area contributed by atoms with Gasteiger partial charge in [0.25, 0.3) is 0 Å². The largest absolute Gasteiger partial charge is 0.384 e. The molecule has 3 N–H and O–H groups in total. The van der Waals surface area contributed by atoms with Crippen LogP contribution in [0, 0.1) is 18.3 Å². The Morgan fingerprint density at radius 2 is 2.28 bits per heavy atom. The zero-order chi connectivity index (χ0) is 13.1. The molecule has 18 heavy (non-hydrogen) atoms. The third kappa shape index (κ3) is 2.91. The van der Waals surface area contributed by atoms with Crippen LogP contribution in [-0.2, 0) is 6.54 Å². The molecule has 0 spiro atoms. The van der Waals surface area contributed by atoms with E-state index in [4.69, 9.17) is 11.1 Å². The molecule has 0 aromatic heterocycles. The second-order valence-corrected chi connectivity index (χ2v) is 5.35. The van der Waals surface area contributed by atoms with Gasteiger partial charge in [0.2, 0.25) is 0 Å². The topological polar surface area (TPSA) is 53.1 Å². The van der Waals surface area contributed by atoms with E-state index in [-0.39, 0.29) is 5.84 Å². The molecule has 2 rings (SSSR count). The van der Waals surface area contributed by atoms with Gasteiger partial charge in [-0.3, -0.25) is 10.3 Å². The number of rotatable bonds is 4. The number of likely N-dealkylation sites (tertiary alicyclic amines) is 1. The summed E-state index contributed by atoms with van der Waals surface area (Å²) >= 11 is 0. The van der Waals surface area contributed by atoms with Gasteiger partial charge in [-0.15, -0.1) is 0 Å². The Balaban J connectivity index is 2.04. The zero-order valence-corrected chi connectivity index (χ0v) is 11.4. The van der Waals surface area contributed by atoms with Crippen LogP contribution in [0.25, 0.3) is 0 Å². The van der Waals surface area contributed by atoms with Gasteiger partial charge in [0.1, 0.15) is 5.84 Å². The Labute approximate surface area is 109 Å². The van der Waals surface area contributed by atoms with Gasteiger partial charge >= 0.3 is 0 Å². The van der Waals surface area contributed by atoms with E-state index in [9.17, 15) is 0 Å². The van der Waals surface area contributed by atoms with Crippen LogP contribution in [0.15, 0.2) is 18.2 Å². The first-order chi connectivity index (χ1) is 8.60. The molecule has 3 nitrogen and oxygen atoms in total. The van der Waals surface area contributed by atoms with Crippen molar-refractivity contribution in [1.82, 2.24) is 4.90 Å². The minimum absolute atomic E-state index is 0.150. The maximum Gasteiger partial charge on any atom is 0.122 e. The van der Waals surface area contributed by atoms with Gasteiger partial charge < -0.3 is 5.73 Å². The molecular weight excluding hydrogens is 222 g/mol. The lowest BCUT2D eigenvalue weighted by Gasteiger charge is -2.17. The lowest BCUT2D eigenvalue weighted by atomic mass is 10.0. The molecule has 0 aliphatic carbocycles. The first kappa shape index (κ1) is 13.1. The maximum absolute atomic E-state index is 7.45. The lowest BCUT2D eigenvalue weighted by molar-refractivity contribution is 0.314. The van der Waals surface area contributed by atoms with E-state index in [1.165, 1.54) is 37.1 Å². The molecule has 98 valence electrons. The molecule has 1 heterocycles. The summed E-state index contributed by atoms with van der Waals surface area (Å²) in [4.78, 5) is 2.53. The molecule has 1 saturated heterocycles. The van der Waals surface area contributed by atoms with Gasteiger partial charge in [-0.25, -0.2) is 0 Å². The number of nitrogens with zero attached hydrogens (tertiary/aromatic N) is 1.